The van der Waals surface area contributed by atoms with Crippen LogP contribution in [-0.4, -0.2) is 88.7 Å². The Labute approximate surface area is 266 Å². The van der Waals surface area contributed by atoms with Gasteiger partial charge in [0.15, 0.2) is 0 Å². The minimum atomic E-state index is -1.10. The molecule has 2 bridgehead atoms. The number of carbonyl (C=O) groups is 4. The molecule has 6 atom stereocenters. The minimum Gasteiger partial charge on any atom is -0.463 e. The molecule has 1 spiro atoms. The van der Waals surface area contributed by atoms with Crippen LogP contribution in [0.3, 0.4) is 0 Å². The number of allylic oxidation sites excluding steroid dienone is 1. The molecule has 45 heavy (non-hydrogen) atoms. The van der Waals surface area contributed by atoms with E-state index in [0.29, 0.717) is 45.2 Å². The van der Waals surface area contributed by atoms with Crippen molar-refractivity contribution in [3.05, 3.63) is 61.2 Å². The van der Waals surface area contributed by atoms with E-state index >= 15 is 0 Å². The van der Waals surface area contributed by atoms with E-state index < -0.39 is 35.6 Å². The Bertz CT molecular complexity index is 1220. The quantitative estimate of drug-likeness (QED) is 0.145. The lowest BCUT2D eigenvalue weighted by Crippen LogP contribution is -2.57. The lowest BCUT2D eigenvalue weighted by atomic mass is 9.70. The molecule has 10 heteroatoms. The normalized spacial score (nSPS) is 25.6. The van der Waals surface area contributed by atoms with E-state index in [1.807, 2.05) is 44.2 Å². The van der Waals surface area contributed by atoms with Gasteiger partial charge in [-0.05, 0) is 51.5 Å². The monoisotopic (exact) mass is 623 g/mol. The number of carbonyl (C=O) groups excluding carboxylic acids is 4. The van der Waals surface area contributed by atoms with Gasteiger partial charge in [-0.2, -0.15) is 0 Å². The maximum absolute atomic E-state index is 14.3. The first-order valence-corrected chi connectivity index (χ1v) is 16.3. The van der Waals surface area contributed by atoms with Crippen molar-refractivity contribution in [3.63, 3.8) is 0 Å². The van der Waals surface area contributed by atoms with Gasteiger partial charge < -0.3 is 29.7 Å². The van der Waals surface area contributed by atoms with Crippen LogP contribution < -0.4 is 5.32 Å². The fourth-order valence-electron chi connectivity index (χ4n) is 7.21. The van der Waals surface area contributed by atoms with Crippen molar-refractivity contribution in [3.8, 4) is 0 Å². The SMILES string of the molecule is C=CCCC(=O)OC[C@@H](NC(=O)[C@@H]1[C@H]2C(=O)N(CCCCCCO)[C@H](C(=O)N(CC=C)C(C)C)[C@]23CC[C@H]1O3)c1ccccc1. The minimum absolute atomic E-state index is 0.0558. The van der Waals surface area contributed by atoms with Crippen LogP contribution in [0.25, 0.3) is 0 Å². The number of hydrogen-bond acceptors (Lipinski definition) is 7. The highest BCUT2D eigenvalue weighted by atomic mass is 16.5. The molecule has 3 aliphatic rings. The van der Waals surface area contributed by atoms with E-state index in [9.17, 15) is 24.3 Å². The van der Waals surface area contributed by atoms with Crippen molar-refractivity contribution in [1.82, 2.24) is 15.1 Å². The van der Waals surface area contributed by atoms with Crippen molar-refractivity contribution in [2.45, 2.75) is 95.0 Å². The van der Waals surface area contributed by atoms with Crippen LogP contribution in [-0.2, 0) is 28.7 Å². The first-order chi connectivity index (χ1) is 21.7. The summed E-state index contributed by atoms with van der Waals surface area (Å²) in [6, 6.07) is 7.70. The Balaban J connectivity index is 1.60. The number of hydrogen-bond donors (Lipinski definition) is 2. The fraction of sp³-hybridized carbons (Fsp3) is 0.600. The molecule has 2 N–H and O–H groups in total. The number of ether oxygens (including phenoxy) is 2. The number of aliphatic hydroxyl groups is 1. The number of likely N-dealkylation sites (tertiary alicyclic amines) is 1. The summed E-state index contributed by atoms with van der Waals surface area (Å²) in [7, 11) is 0. The number of amides is 3. The van der Waals surface area contributed by atoms with E-state index in [4.69, 9.17) is 9.47 Å². The second-order valence-corrected chi connectivity index (χ2v) is 12.6. The van der Waals surface area contributed by atoms with Crippen molar-refractivity contribution < 1.29 is 33.8 Å². The second kappa shape index (κ2) is 15.7. The Hall–Kier alpha value is -3.50. The summed E-state index contributed by atoms with van der Waals surface area (Å²) in [5.41, 5.74) is -0.326. The van der Waals surface area contributed by atoms with Gasteiger partial charge in [-0.1, -0.05) is 55.3 Å². The van der Waals surface area contributed by atoms with Gasteiger partial charge in [-0.25, -0.2) is 0 Å². The first-order valence-electron chi connectivity index (χ1n) is 16.3. The number of nitrogens with zero attached hydrogens (tertiary/aromatic N) is 2. The molecule has 1 aromatic rings. The third-order valence-corrected chi connectivity index (χ3v) is 9.36. The summed E-state index contributed by atoms with van der Waals surface area (Å²) in [6.45, 7) is 12.1. The molecular formula is C35H49N3O7. The van der Waals surface area contributed by atoms with E-state index in [1.165, 1.54) is 0 Å². The summed E-state index contributed by atoms with van der Waals surface area (Å²) in [6.07, 6.45) is 7.58. The van der Waals surface area contributed by atoms with Crippen LogP contribution in [0.15, 0.2) is 55.6 Å². The molecule has 0 unspecified atom stereocenters. The van der Waals surface area contributed by atoms with E-state index in [2.05, 4.69) is 18.5 Å². The van der Waals surface area contributed by atoms with Gasteiger partial charge in [0, 0.05) is 32.2 Å². The average molecular weight is 624 g/mol. The molecule has 1 aromatic carbocycles. The van der Waals surface area contributed by atoms with Gasteiger partial charge in [-0.3, -0.25) is 19.2 Å². The van der Waals surface area contributed by atoms with Crippen molar-refractivity contribution in [2.24, 2.45) is 11.8 Å². The van der Waals surface area contributed by atoms with Gasteiger partial charge >= 0.3 is 5.97 Å². The Morgan fingerprint density at radius 3 is 2.56 bits per heavy atom. The zero-order valence-corrected chi connectivity index (χ0v) is 26.7. The molecule has 0 aliphatic carbocycles. The molecule has 3 heterocycles. The number of aliphatic hydroxyl groups excluding tert-OH is 1. The number of unbranched alkanes of at least 4 members (excludes halogenated alkanes) is 3. The first kappa shape index (κ1) is 34.4. The number of nitrogens with one attached hydrogen (secondary N) is 1. The van der Waals surface area contributed by atoms with Crippen molar-refractivity contribution in [1.29, 1.82) is 0 Å². The maximum atomic E-state index is 14.3. The predicted molar refractivity (Wildman–Crippen MR) is 170 cm³/mol. The summed E-state index contributed by atoms with van der Waals surface area (Å²) in [4.78, 5) is 58.4. The Morgan fingerprint density at radius 1 is 1.16 bits per heavy atom. The van der Waals surface area contributed by atoms with Crippen LogP contribution >= 0.6 is 0 Å². The van der Waals surface area contributed by atoms with Crippen LogP contribution in [0.2, 0.25) is 0 Å². The molecule has 0 saturated carbocycles. The zero-order valence-electron chi connectivity index (χ0n) is 26.7. The lowest BCUT2D eigenvalue weighted by molar-refractivity contribution is -0.149. The number of esters is 1. The molecule has 3 amide bonds. The molecule has 246 valence electrons. The van der Waals surface area contributed by atoms with E-state index in [1.54, 1.807) is 22.0 Å². The van der Waals surface area contributed by atoms with Gasteiger partial charge in [0.05, 0.1) is 24.0 Å². The fourth-order valence-corrected chi connectivity index (χ4v) is 7.21. The van der Waals surface area contributed by atoms with Crippen LogP contribution in [0.4, 0.5) is 0 Å². The smallest absolute Gasteiger partial charge is 0.306 e. The van der Waals surface area contributed by atoms with Crippen LogP contribution in [0.5, 0.6) is 0 Å². The number of fused-ring (bicyclic) bond motifs is 1. The lowest BCUT2D eigenvalue weighted by Gasteiger charge is -2.38. The summed E-state index contributed by atoms with van der Waals surface area (Å²) >= 11 is 0. The highest BCUT2D eigenvalue weighted by molar-refractivity contribution is 5.99. The maximum Gasteiger partial charge on any atom is 0.306 e. The molecule has 3 fully saturated rings. The molecule has 0 aromatic heterocycles. The van der Waals surface area contributed by atoms with Crippen molar-refractivity contribution in [2.75, 3.05) is 26.3 Å². The standard InChI is InChI=1S/C35H49N3O7/c1-5-7-17-28(40)44-23-26(25-15-11-10-12-16-25)36-32(41)29-27-18-19-35(45-27)30(29)33(42)38(21-13-8-9-14-22-39)31(35)34(43)37(20-6-2)24(3)4/h5-6,10-12,15-16,24,26-27,29-31,39H,1-2,7-9,13-14,17-23H2,3-4H3,(H,36,41)/t26-,27-,29+,30+,31-,35+/m1/s1. The van der Waals surface area contributed by atoms with Gasteiger partial charge in [0.1, 0.15) is 18.2 Å². The van der Waals surface area contributed by atoms with E-state index in [-0.39, 0.29) is 49.4 Å². The summed E-state index contributed by atoms with van der Waals surface area (Å²) < 4.78 is 12.1. The summed E-state index contributed by atoms with van der Waals surface area (Å²) in [5, 5.41) is 12.3. The topological polar surface area (TPSA) is 125 Å². The van der Waals surface area contributed by atoms with Gasteiger partial charge in [0.2, 0.25) is 17.7 Å². The molecule has 4 rings (SSSR count). The number of rotatable bonds is 18. The van der Waals surface area contributed by atoms with Gasteiger partial charge in [-0.15, -0.1) is 13.2 Å². The number of benzene rings is 1. The van der Waals surface area contributed by atoms with Crippen molar-refractivity contribution >= 4 is 23.7 Å². The average Bonchev–Trinajstić information content (AvgIpc) is 3.68. The predicted octanol–water partition coefficient (Wildman–Crippen LogP) is 3.70. The molecular weight excluding hydrogens is 574 g/mol. The zero-order chi connectivity index (χ0) is 32.6. The molecule has 10 nitrogen and oxygen atoms in total. The van der Waals surface area contributed by atoms with Gasteiger partial charge in [0.25, 0.3) is 0 Å². The van der Waals surface area contributed by atoms with Crippen LogP contribution in [0, 0.1) is 11.8 Å². The Morgan fingerprint density at radius 2 is 1.89 bits per heavy atom. The molecule has 3 saturated heterocycles. The second-order valence-electron chi connectivity index (χ2n) is 12.6. The molecule has 0 radical (unpaired) electrons. The highest BCUT2D eigenvalue weighted by Crippen LogP contribution is 2.58. The molecule has 3 aliphatic heterocycles. The highest BCUT2D eigenvalue weighted by Gasteiger charge is 2.74. The largest absolute Gasteiger partial charge is 0.463 e. The van der Waals surface area contributed by atoms with Crippen LogP contribution in [0.1, 0.15) is 76.8 Å². The third kappa shape index (κ3) is 7.33. The van der Waals surface area contributed by atoms with E-state index in [0.717, 1.165) is 18.4 Å². The third-order valence-electron chi connectivity index (χ3n) is 9.36. The summed E-state index contributed by atoms with van der Waals surface area (Å²) in [5.74, 6) is -2.73. The Kier molecular flexibility index (Phi) is 12.0.